The van der Waals surface area contributed by atoms with Gasteiger partial charge in [0.05, 0.1) is 10.7 Å². The molecule has 0 aliphatic heterocycles. The molecule has 0 radical (unpaired) electrons. The molecule has 0 aliphatic rings. The summed E-state index contributed by atoms with van der Waals surface area (Å²) in [4.78, 5) is 5.93. The molecule has 0 atom stereocenters. The van der Waals surface area contributed by atoms with E-state index in [1.54, 1.807) is 29.2 Å². The van der Waals surface area contributed by atoms with E-state index in [4.69, 9.17) is 11.6 Å². The molecule has 0 fully saturated rings. The second kappa shape index (κ2) is 7.68. The molecule has 0 saturated heterocycles. The summed E-state index contributed by atoms with van der Waals surface area (Å²) in [6.45, 7) is 4.25. The maximum atomic E-state index is 13.1. The molecule has 0 spiro atoms. The number of benzene rings is 2. The third-order valence-electron chi connectivity index (χ3n) is 3.82. The van der Waals surface area contributed by atoms with Gasteiger partial charge in [0.25, 0.3) is 0 Å². The number of hydrogen-bond donors (Lipinski definition) is 0. The quantitative estimate of drug-likeness (QED) is 0.475. The summed E-state index contributed by atoms with van der Waals surface area (Å²) in [6, 6.07) is 11.0. The van der Waals surface area contributed by atoms with Crippen LogP contribution in [-0.4, -0.2) is 4.98 Å². The van der Waals surface area contributed by atoms with E-state index >= 15 is 0 Å². The Bertz CT molecular complexity index is 860. The molecule has 0 aliphatic carbocycles. The van der Waals surface area contributed by atoms with Crippen LogP contribution >= 0.6 is 34.7 Å². The summed E-state index contributed by atoms with van der Waals surface area (Å²) in [7, 11) is 0. The Kier molecular flexibility index (Phi) is 5.59. The van der Waals surface area contributed by atoms with Gasteiger partial charge in [-0.15, -0.1) is 23.1 Å². The molecule has 3 rings (SSSR count). The number of rotatable bonds is 5. The minimum atomic E-state index is -0.312. The number of nitrogens with zero attached hydrogens (tertiary/aromatic N) is 1. The van der Waals surface area contributed by atoms with Crippen LogP contribution < -0.4 is 0 Å². The number of aromatic nitrogens is 1. The molecule has 5 heteroatoms. The smallest absolute Gasteiger partial charge is 0.124 e. The molecular weight excluding hydrogens is 361 g/mol. The van der Waals surface area contributed by atoms with Gasteiger partial charge < -0.3 is 0 Å². The Morgan fingerprint density at radius 3 is 2.71 bits per heavy atom. The number of thiazole rings is 1. The van der Waals surface area contributed by atoms with Crippen molar-refractivity contribution in [3.05, 3.63) is 80.0 Å². The molecule has 0 N–H and O–H groups in total. The third kappa shape index (κ3) is 4.38. The van der Waals surface area contributed by atoms with E-state index in [0.717, 1.165) is 22.0 Å². The number of halogens is 2. The molecule has 1 aromatic heterocycles. The molecule has 2 aromatic carbocycles. The summed E-state index contributed by atoms with van der Waals surface area (Å²) in [5, 5.41) is 3.54. The van der Waals surface area contributed by atoms with Crippen molar-refractivity contribution < 1.29 is 4.39 Å². The van der Waals surface area contributed by atoms with Crippen molar-refractivity contribution in [1.82, 2.24) is 4.98 Å². The van der Waals surface area contributed by atoms with E-state index in [9.17, 15) is 4.39 Å². The van der Waals surface area contributed by atoms with Crippen LogP contribution in [0.15, 0.2) is 46.7 Å². The van der Waals surface area contributed by atoms with Crippen LogP contribution in [0.5, 0.6) is 0 Å². The summed E-state index contributed by atoms with van der Waals surface area (Å²) in [5.74, 6) is 0.532. The molecule has 124 valence electrons. The first-order valence-electron chi connectivity index (χ1n) is 7.58. The van der Waals surface area contributed by atoms with E-state index in [1.807, 2.05) is 0 Å². The van der Waals surface area contributed by atoms with Gasteiger partial charge in [-0.3, -0.25) is 0 Å². The van der Waals surface area contributed by atoms with Gasteiger partial charge in [-0.1, -0.05) is 23.7 Å². The van der Waals surface area contributed by atoms with Crippen molar-refractivity contribution >= 4 is 34.7 Å². The molecule has 0 unspecified atom stereocenters. The third-order valence-corrected chi connectivity index (χ3v) is 6.10. The summed E-state index contributed by atoms with van der Waals surface area (Å²) >= 11 is 9.50. The van der Waals surface area contributed by atoms with E-state index in [0.29, 0.717) is 11.4 Å². The fourth-order valence-corrected chi connectivity index (χ4v) is 4.33. The zero-order valence-electron chi connectivity index (χ0n) is 13.5. The van der Waals surface area contributed by atoms with Crippen molar-refractivity contribution in [2.75, 3.05) is 0 Å². The van der Waals surface area contributed by atoms with Crippen LogP contribution in [0.1, 0.15) is 27.4 Å². The molecule has 0 saturated carbocycles. The van der Waals surface area contributed by atoms with Gasteiger partial charge in [0.1, 0.15) is 5.82 Å². The Morgan fingerprint density at radius 1 is 1.12 bits per heavy atom. The maximum Gasteiger partial charge on any atom is 0.124 e. The van der Waals surface area contributed by atoms with Crippen molar-refractivity contribution in [3.8, 4) is 0 Å². The Balaban J connectivity index is 1.63. The van der Waals surface area contributed by atoms with Crippen LogP contribution in [0.4, 0.5) is 4.39 Å². The predicted molar refractivity (Wildman–Crippen MR) is 102 cm³/mol. The van der Waals surface area contributed by atoms with E-state index in [-0.39, 0.29) is 5.82 Å². The van der Waals surface area contributed by atoms with E-state index < -0.39 is 0 Å². The average molecular weight is 378 g/mol. The maximum absolute atomic E-state index is 13.1. The van der Waals surface area contributed by atoms with Gasteiger partial charge in [-0.2, -0.15) is 0 Å². The van der Waals surface area contributed by atoms with Gasteiger partial charge in [0.15, 0.2) is 0 Å². The highest BCUT2D eigenvalue weighted by molar-refractivity contribution is 7.98. The lowest BCUT2D eigenvalue weighted by Gasteiger charge is -2.04. The van der Waals surface area contributed by atoms with Crippen molar-refractivity contribution in [2.24, 2.45) is 0 Å². The summed E-state index contributed by atoms with van der Waals surface area (Å²) < 4.78 is 13.1. The average Bonchev–Trinajstić information content (AvgIpc) is 2.99. The molecule has 1 heterocycles. The van der Waals surface area contributed by atoms with Gasteiger partial charge in [0.2, 0.25) is 0 Å². The SMILES string of the molecule is Cc1ccc(SCc2csc(Cc3ccc(F)cc3Cl)n2)cc1C. The number of hydrogen-bond acceptors (Lipinski definition) is 3. The highest BCUT2D eigenvalue weighted by Gasteiger charge is 2.08. The fraction of sp³-hybridized carbons (Fsp3) is 0.211. The van der Waals surface area contributed by atoms with Crippen LogP contribution in [-0.2, 0) is 12.2 Å². The van der Waals surface area contributed by atoms with Crippen molar-refractivity contribution in [2.45, 2.75) is 30.9 Å². The lowest BCUT2D eigenvalue weighted by Crippen LogP contribution is -1.91. The number of thioether (sulfide) groups is 1. The molecule has 1 nitrogen and oxygen atoms in total. The fourth-order valence-electron chi connectivity index (χ4n) is 2.29. The van der Waals surface area contributed by atoms with Crippen molar-refractivity contribution in [3.63, 3.8) is 0 Å². The lowest BCUT2D eigenvalue weighted by atomic mass is 10.1. The molecule has 0 amide bonds. The summed E-state index contributed by atoms with van der Waals surface area (Å²) in [6.07, 6.45) is 0.637. The first-order chi connectivity index (χ1) is 11.5. The zero-order valence-corrected chi connectivity index (χ0v) is 15.9. The van der Waals surface area contributed by atoms with Crippen LogP contribution in [0.3, 0.4) is 0 Å². The Hall–Kier alpha value is -1.36. The van der Waals surface area contributed by atoms with Crippen LogP contribution in [0.25, 0.3) is 0 Å². The molecular formula is C19H17ClFNS2. The monoisotopic (exact) mass is 377 g/mol. The van der Waals surface area contributed by atoms with Gasteiger partial charge in [-0.25, -0.2) is 9.37 Å². The largest absolute Gasteiger partial charge is 0.245 e. The van der Waals surface area contributed by atoms with Gasteiger partial charge >= 0.3 is 0 Å². The molecule has 0 bridgehead atoms. The Morgan fingerprint density at radius 2 is 1.96 bits per heavy atom. The normalized spacial score (nSPS) is 11.0. The van der Waals surface area contributed by atoms with E-state index in [2.05, 4.69) is 42.4 Å². The van der Waals surface area contributed by atoms with Crippen LogP contribution in [0, 0.1) is 19.7 Å². The van der Waals surface area contributed by atoms with Crippen molar-refractivity contribution in [1.29, 1.82) is 0 Å². The zero-order chi connectivity index (χ0) is 17.1. The minimum Gasteiger partial charge on any atom is -0.245 e. The standard InChI is InChI=1S/C19H17ClFNS2/c1-12-3-6-17(7-13(12)2)23-10-16-11-24-19(22-16)8-14-4-5-15(21)9-18(14)20/h3-7,9,11H,8,10H2,1-2H3. The summed E-state index contributed by atoms with van der Waals surface area (Å²) in [5.41, 5.74) is 4.59. The highest BCUT2D eigenvalue weighted by Crippen LogP contribution is 2.27. The minimum absolute atomic E-state index is 0.312. The lowest BCUT2D eigenvalue weighted by molar-refractivity contribution is 0.627. The Labute approximate surface area is 154 Å². The highest BCUT2D eigenvalue weighted by atomic mass is 35.5. The molecule has 3 aromatic rings. The van der Waals surface area contributed by atoms with Crippen LogP contribution in [0.2, 0.25) is 5.02 Å². The second-order valence-electron chi connectivity index (χ2n) is 5.68. The number of aryl methyl sites for hydroxylation is 2. The first-order valence-corrected chi connectivity index (χ1v) is 9.83. The van der Waals surface area contributed by atoms with E-state index in [1.165, 1.54) is 28.2 Å². The molecule has 24 heavy (non-hydrogen) atoms. The topological polar surface area (TPSA) is 12.9 Å². The second-order valence-corrected chi connectivity index (χ2v) is 8.08. The predicted octanol–water partition coefficient (Wildman–Crippen LogP) is 6.44. The van der Waals surface area contributed by atoms with Gasteiger partial charge in [0, 0.05) is 27.5 Å². The van der Waals surface area contributed by atoms with Gasteiger partial charge in [-0.05, 0) is 54.8 Å². The first kappa shape index (κ1) is 17.5.